The predicted octanol–water partition coefficient (Wildman–Crippen LogP) is 3.73. The van der Waals surface area contributed by atoms with Crippen molar-refractivity contribution in [2.75, 3.05) is 7.11 Å². The Kier molecular flexibility index (Phi) is 5.39. The highest BCUT2D eigenvalue weighted by Crippen LogP contribution is 2.30. The Balaban J connectivity index is 1.50. The van der Waals surface area contributed by atoms with Crippen LogP contribution in [0.2, 0.25) is 0 Å². The molecule has 1 aliphatic rings. The van der Waals surface area contributed by atoms with Crippen molar-refractivity contribution in [1.82, 2.24) is 20.7 Å². The first-order valence-electron chi connectivity index (χ1n) is 9.33. The third-order valence-corrected chi connectivity index (χ3v) is 5.66. The second kappa shape index (κ2) is 7.95. The number of hydrogen-bond acceptors (Lipinski definition) is 4. The summed E-state index contributed by atoms with van der Waals surface area (Å²) in [5, 5.41) is 4.20. The lowest BCUT2D eigenvalue weighted by Gasteiger charge is -2.14. The molecule has 28 heavy (non-hydrogen) atoms. The first-order chi connectivity index (χ1) is 13.6. The van der Waals surface area contributed by atoms with E-state index in [1.165, 1.54) is 11.2 Å². The fraction of sp³-hybridized carbons (Fsp3) is 0.286. The summed E-state index contributed by atoms with van der Waals surface area (Å²) in [6, 6.07) is 15.8. The number of hydrazine groups is 1. The number of ether oxygens (including phenoxy) is 1. The van der Waals surface area contributed by atoms with E-state index in [0.29, 0.717) is 5.56 Å². The minimum absolute atomic E-state index is 0.0896. The number of hydrogen-bond donors (Lipinski definition) is 3. The van der Waals surface area contributed by atoms with Crippen molar-refractivity contribution in [2.24, 2.45) is 0 Å². The van der Waals surface area contributed by atoms with Gasteiger partial charge in [-0.3, -0.25) is 4.79 Å². The Morgan fingerprint density at radius 1 is 1.21 bits per heavy atom. The van der Waals surface area contributed by atoms with Crippen molar-refractivity contribution in [2.45, 2.75) is 32.1 Å². The summed E-state index contributed by atoms with van der Waals surface area (Å²) in [5.74, 6) is 0.762. The van der Waals surface area contributed by atoms with Crippen LogP contribution in [-0.2, 0) is 6.54 Å². The summed E-state index contributed by atoms with van der Waals surface area (Å²) in [6.07, 6.45) is 0.620. The molecule has 1 aromatic heterocycles. The van der Waals surface area contributed by atoms with Gasteiger partial charge >= 0.3 is 0 Å². The summed E-state index contributed by atoms with van der Waals surface area (Å²) < 4.78 is 8.60. The van der Waals surface area contributed by atoms with E-state index in [2.05, 4.69) is 61.8 Å². The van der Waals surface area contributed by atoms with Gasteiger partial charge in [-0.05, 0) is 55.5 Å². The highest BCUT2D eigenvalue weighted by Gasteiger charge is 2.29. The lowest BCUT2D eigenvalue weighted by molar-refractivity contribution is 0.0932. The maximum absolute atomic E-state index is 12.5. The number of methoxy groups -OCH3 is 1. The van der Waals surface area contributed by atoms with Crippen molar-refractivity contribution in [3.8, 4) is 5.75 Å². The van der Waals surface area contributed by atoms with E-state index in [9.17, 15) is 4.79 Å². The minimum Gasteiger partial charge on any atom is -0.497 e. The van der Waals surface area contributed by atoms with Crippen LogP contribution in [0.5, 0.6) is 5.75 Å². The average molecular weight is 443 g/mol. The molecule has 1 saturated heterocycles. The molecule has 2 unspecified atom stereocenters. The molecule has 1 amide bonds. The number of rotatable bonds is 5. The van der Waals surface area contributed by atoms with Gasteiger partial charge in [0.25, 0.3) is 5.91 Å². The number of carbonyl (C=O) groups excluding carboxylic acids is 1. The third kappa shape index (κ3) is 3.65. The van der Waals surface area contributed by atoms with E-state index in [4.69, 9.17) is 4.74 Å². The van der Waals surface area contributed by atoms with Crippen LogP contribution < -0.4 is 20.9 Å². The van der Waals surface area contributed by atoms with E-state index < -0.39 is 0 Å². The number of nitrogens with one attached hydrogen (secondary N) is 3. The van der Waals surface area contributed by atoms with Gasteiger partial charge in [0.2, 0.25) is 0 Å². The van der Waals surface area contributed by atoms with E-state index in [1.54, 1.807) is 7.11 Å². The smallest absolute Gasteiger partial charge is 0.252 e. The molecular weight excluding hydrogens is 420 g/mol. The molecule has 0 aliphatic carbocycles. The topological polar surface area (TPSA) is 67.3 Å². The molecule has 0 spiro atoms. The van der Waals surface area contributed by atoms with Gasteiger partial charge in [0.15, 0.2) is 0 Å². The summed E-state index contributed by atoms with van der Waals surface area (Å²) in [7, 11) is 1.68. The highest BCUT2D eigenvalue weighted by atomic mass is 79.9. The number of halogens is 1. The van der Waals surface area contributed by atoms with Crippen LogP contribution in [0.25, 0.3) is 10.9 Å². The third-order valence-electron chi connectivity index (χ3n) is 5.13. The zero-order valence-electron chi connectivity index (χ0n) is 15.8. The summed E-state index contributed by atoms with van der Waals surface area (Å²) in [5.41, 5.74) is 9.55. The van der Waals surface area contributed by atoms with Crippen LogP contribution >= 0.6 is 15.9 Å². The van der Waals surface area contributed by atoms with Gasteiger partial charge in [-0.2, -0.15) is 0 Å². The minimum atomic E-state index is -0.140. The van der Waals surface area contributed by atoms with Crippen LogP contribution in [0.15, 0.2) is 53.0 Å². The second-order valence-corrected chi connectivity index (χ2v) is 7.76. The van der Waals surface area contributed by atoms with Crippen molar-refractivity contribution < 1.29 is 9.53 Å². The van der Waals surface area contributed by atoms with Gasteiger partial charge in [0.1, 0.15) is 5.75 Å². The molecule has 0 bridgehead atoms. The maximum atomic E-state index is 12.5. The number of benzene rings is 2. The quantitative estimate of drug-likeness (QED) is 0.563. The summed E-state index contributed by atoms with van der Waals surface area (Å²) >= 11 is 3.39. The number of aromatic nitrogens is 1. The largest absolute Gasteiger partial charge is 0.497 e. The molecule has 2 heterocycles. The molecule has 2 atom stereocenters. The van der Waals surface area contributed by atoms with Gasteiger partial charge in [-0.25, -0.2) is 10.9 Å². The first kappa shape index (κ1) is 19.0. The molecule has 1 aliphatic heterocycles. The predicted molar refractivity (Wildman–Crippen MR) is 113 cm³/mol. The Labute approximate surface area is 172 Å². The van der Waals surface area contributed by atoms with Crippen LogP contribution in [0, 0.1) is 0 Å². The molecule has 146 valence electrons. The van der Waals surface area contributed by atoms with E-state index in [0.717, 1.165) is 28.6 Å². The average Bonchev–Trinajstić information content (AvgIpc) is 3.31. The Morgan fingerprint density at radius 3 is 2.71 bits per heavy atom. The van der Waals surface area contributed by atoms with E-state index >= 15 is 0 Å². The monoisotopic (exact) mass is 442 g/mol. The number of fused-ring (bicyclic) bond motifs is 1. The van der Waals surface area contributed by atoms with Gasteiger partial charge in [-0.1, -0.05) is 15.9 Å². The Hall–Kier alpha value is -2.35. The fourth-order valence-corrected chi connectivity index (χ4v) is 3.99. The molecule has 3 N–H and O–H groups in total. The van der Waals surface area contributed by atoms with E-state index in [1.807, 2.05) is 30.3 Å². The van der Waals surface area contributed by atoms with Crippen molar-refractivity contribution in [3.05, 3.63) is 64.3 Å². The van der Waals surface area contributed by atoms with Crippen LogP contribution in [0.4, 0.5) is 0 Å². The SMILES string of the molecule is CCn1c(C2CC(NC(=O)c3ccc(Br)cc3)NN2)cc2cc(OC)ccc21. The molecule has 0 radical (unpaired) electrons. The molecule has 2 aromatic carbocycles. The van der Waals surface area contributed by atoms with Crippen LogP contribution in [0.1, 0.15) is 35.4 Å². The van der Waals surface area contributed by atoms with Crippen molar-refractivity contribution in [3.63, 3.8) is 0 Å². The molecule has 7 heteroatoms. The summed E-state index contributed by atoms with van der Waals surface area (Å²) in [4.78, 5) is 12.5. The maximum Gasteiger partial charge on any atom is 0.252 e. The Bertz CT molecular complexity index is 1000. The molecule has 1 fully saturated rings. The molecule has 3 aromatic rings. The lowest BCUT2D eigenvalue weighted by Crippen LogP contribution is -2.44. The van der Waals surface area contributed by atoms with Gasteiger partial charge in [-0.15, -0.1) is 0 Å². The highest BCUT2D eigenvalue weighted by molar-refractivity contribution is 9.10. The van der Waals surface area contributed by atoms with Crippen molar-refractivity contribution >= 4 is 32.7 Å². The van der Waals surface area contributed by atoms with Crippen LogP contribution in [-0.4, -0.2) is 23.7 Å². The molecule has 6 nitrogen and oxygen atoms in total. The normalized spacial score (nSPS) is 19.1. The number of nitrogens with zero attached hydrogens (tertiary/aromatic N) is 1. The summed E-state index contributed by atoms with van der Waals surface area (Å²) in [6.45, 7) is 3.02. The van der Waals surface area contributed by atoms with Crippen LogP contribution in [0.3, 0.4) is 0 Å². The molecule has 4 rings (SSSR count). The zero-order chi connectivity index (χ0) is 19.7. The molecule has 0 saturated carbocycles. The standard InChI is InChI=1S/C21H23BrN4O2/c1-3-26-18-9-8-16(28-2)10-14(18)11-19(26)17-12-20(25-24-17)23-21(27)13-4-6-15(22)7-5-13/h4-11,17,20,24-25H,3,12H2,1-2H3,(H,23,27). The fourth-order valence-electron chi connectivity index (χ4n) is 3.73. The lowest BCUT2D eigenvalue weighted by atomic mass is 10.1. The first-order valence-corrected chi connectivity index (χ1v) is 10.1. The zero-order valence-corrected chi connectivity index (χ0v) is 17.4. The number of amides is 1. The Morgan fingerprint density at radius 2 is 2.00 bits per heavy atom. The van der Waals surface area contributed by atoms with Gasteiger partial charge < -0.3 is 14.6 Å². The van der Waals surface area contributed by atoms with Crippen molar-refractivity contribution in [1.29, 1.82) is 0 Å². The number of carbonyl (C=O) groups is 1. The van der Waals surface area contributed by atoms with Gasteiger partial charge in [0, 0.05) is 39.6 Å². The molecular formula is C21H23BrN4O2. The number of aryl methyl sites for hydroxylation is 1. The second-order valence-electron chi connectivity index (χ2n) is 6.85. The van der Waals surface area contributed by atoms with E-state index in [-0.39, 0.29) is 18.1 Å². The van der Waals surface area contributed by atoms with Gasteiger partial charge in [0.05, 0.1) is 19.3 Å².